The van der Waals surface area contributed by atoms with Crippen LogP contribution < -0.4 is 0 Å². The van der Waals surface area contributed by atoms with Crippen LogP contribution in [0.4, 0.5) is 0 Å². The Morgan fingerprint density at radius 2 is 1.27 bits per heavy atom. The molecule has 0 bridgehead atoms. The summed E-state index contributed by atoms with van der Waals surface area (Å²) in [5.74, 6) is -1.41. The SMILES string of the molecule is CCCCC/C=C\C/C=C\CCCCCCCCCCCC(=O)OC[C@H](COP(=O)(O)OCC[N+](C)(C)C)OC(=O)CCC/C=C/C[C@@H]1[C@@H](/C=C/[C@@H](O)CCCCC)[C@H](O)C[C@@H]1O. The van der Waals surface area contributed by atoms with Crippen molar-refractivity contribution in [1.29, 1.82) is 0 Å². The van der Waals surface area contributed by atoms with E-state index >= 15 is 0 Å². The molecule has 0 aromatic rings. The molecule has 0 heterocycles. The van der Waals surface area contributed by atoms with Crippen molar-refractivity contribution < 1.29 is 57.4 Å². The van der Waals surface area contributed by atoms with Crippen LogP contribution in [-0.4, -0.2) is 109 Å². The number of aliphatic hydroxyl groups excluding tert-OH is 3. The van der Waals surface area contributed by atoms with Crippen LogP contribution in [0, 0.1) is 11.8 Å². The van der Waals surface area contributed by atoms with E-state index in [0.29, 0.717) is 43.1 Å². The third-order valence-corrected chi connectivity index (χ3v) is 12.4. The fraction of sp³-hybridized carbons (Fsp3) is 0.800. The van der Waals surface area contributed by atoms with Crippen molar-refractivity contribution in [1.82, 2.24) is 0 Å². The van der Waals surface area contributed by atoms with E-state index in [-0.39, 0.29) is 44.3 Å². The van der Waals surface area contributed by atoms with Crippen molar-refractivity contribution in [2.45, 2.75) is 199 Å². The first-order chi connectivity index (χ1) is 30.2. The van der Waals surface area contributed by atoms with Crippen LogP contribution in [0.3, 0.4) is 0 Å². The predicted molar refractivity (Wildman–Crippen MR) is 254 cm³/mol. The maximum absolute atomic E-state index is 12.8. The maximum Gasteiger partial charge on any atom is 0.472 e. The van der Waals surface area contributed by atoms with Gasteiger partial charge in [0.2, 0.25) is 0 Å². The van der Waals surface area contributed by atoms with Gasteiger partial charge in [0, 0.05) is 25.2 Å². The highest BCUT2D eigenvalue weighted by Crippen LogP contribution is 2.43. The Bertz CT molecular complexity index is 1330. The molecule has 1 aliphatic rings. The lowest BCUT2D eigenvalue weighted by molar-refractivity contribution is -0.870. The number of esters is 2. The Labute approximate surface area is 382 Å². The Kier molecular flexibility index (Phi) is 34.6. The molecule has 1 fully saturated rings. The number of unbranched alkanes of at least 4 members (excludes halogenated alkanes) is 15. The van der Waals surface area contributed by atoms with Crippen LogP contribution in [0.1, 0.15) is 174 Å². The van der Waals surface area contributed by atoms with Gasteiger partial charge in [-0.25, -0.2) is 4.57 Å². The van der Waals surface area contributed by atoms with Crippen molar-refractivity contribution in [2.75, 3.05) is 47.5 Å². The first-order valence-electron chi connectivity index (χ1n) is 24.6. The molecular formula is C50H91NO11P+. The Balaban J connectivity index is 2.44. The summed E-state index contributed by atoms with van der Waals surface area (Å²) in [5.41, 5.74) is 0. The quantitative estimate of drug-likeness (QED) is 0.0152. The minimum Gasteiger partial charge on any atom is -0.462 e. The number of likely N-dealkylation sites (N-methyl/N-ethyl adjacent to an activating group) is 1. The van der Waals surface area contributed by atoms with E-state index in [2.05, 4.69) is 38.2 Å². The number of aliphatic hydroxyl groups is 3. The van der Waals surface area contributed by atoms with E-state index in [9.17, 15) is 34.4 Å². The molecule has 13 heteroatoms. The fourth-order valence-corrected chi connectivity index (χ4v) is 8.19. The van der Waals surface area contributed by atoms with Crippen molar-refractivity contribution in [3.8, 4) is 0 Å². The molecule has 4 N–H and O–H groups in total. The average molecular weight is 913 g/mol. The van der Waals surface area contributed by atoms with Gasteiger partial charge in [-0.15, -0.1) is 0 Å². The summed E-state index contributed by atoms with van der Waals surface area (Å²) in [4.78, 5) is 35.7. The highest BCUT2D eigenvalue weighted by atomic mass is 31.2. The summed E-state index contributed by atoms with van der Waals surface area (Å²) >= 11 is 0. The van der Waals surface area contributed by atoms with Gasteiger partial charge in [0.25, 0.3) is 0 Å². The number of phosphoric ester groups is 1. The molecule has 1 saturated carbocycles. The van der Waals surface area contributed by atoms with E-state index in [1.54, 1.807) is 6.08 Å². The molecule has 0 radical (unpaired) electrons. The van der Waals surface area contributed by atoms with Crippen molar-refractivity contribution in [3.05, 3.63) is 48.6 Å². The van der Waals surface area contributed by atoms with Gasteiger partial charge in [-0.1, -0.05) is 140 Å². The second-order valence-electron chi connectivity index (χ2n) is 18.5. The molecule has 7 atom stereocenters. The van der Waals surface area contributed by atoms with Crippen LogP contribution in [0.15, 0.2) is 48.6 Å². The lowest BCUT2D eigenvalue weighted by Crippen LogP contribution is -2.37. The van der Waals surface area contributed by atoms with Gasteiger partial charge in [0.15, 0.2) is 6.10 Å². The van der Waals surface area contributed by atoms with Gasteiger partial charge in [-0.2, -0.15) is 0 Å². The Morgan fingerprint density at radius 1 is 0.698 bits per heavy atom. The summed E-state index contributed by atoms with van der Waals surface area (Å²) < 4.78 is 34.3. The monoisotopic (exact) mass is 913 g/mol. The third-order valence-electron chi connectivity index (χ3n) is 11.4. The second kappa shape index (κ2) is 37.0. The van der Waals surface area contributed by atoms with Crippen molar-refractivity contribution >= 4 is 19.8 Å². The Morgan fingerprint density at radius 3 is 1.92 bits per heavy atom. The lowest BCUT2D eigenvalue weighted by atomic mass is 9.89. The van der Waals surface area contributed by atoms with Crippen LogP contribution >= 0.6 is 7.82 Å². The van der Waals surface area contributed by atoms with E-state index in [0.717, 1.165) is 51.4 Å². The molecule has 0 aromatic heterocycles. The molecule has 12 nitrogen and oxygen atoms in total. The molecule has 1 unspecified atom stereocenters. The molecule has 0 spiro atoms. The normalized spacial score (nSPS) is 20.3. The number of nitrogens with zero attached hydrogens (tertiary/aromatic N) is 1. The standard InChI is InChI=1S/C50H90NO11P/c1-6-8-10-11-12-13-14-15-16-17-18-19-20-21-22-23-24-25-30-34-49(55)59-41-44(42-61-63(57,58)60-39-38-51(3,4)5)62-50(56)35-31-27-26-29-33-45-46(48(54)40-47(45)53)37-36-43(52)32-28-9-7-2/h12-13,15-16,26,29,36-37,43-48,52-54H,6-11,14,17-25,27-28,30-35,38-42H2,1-5H3/p+1/b13-12-,16-15-,29-26+,37-36+/t43-,44+,45+,46+,47-,48+/m0/s1. The number of carbonyl (C=O) groups excluding carboxylic acids is 2. The van der Waals surface area contributed by atoms with E-state index < -0.39 is 50.8 Å². The third kappa shape index (κ3) is 33.9. The smallest absolute Gasteiger partial charge is 0.462 e. The zero-order chi connectivity index (χ0) is 46.6. The van der Waals surface area contributed by atoms with Crippen molar-refractivity contribution in [3.63, 3.8) is 0 Å². The van der Waals surface area contributed by atoms with E-state index in [1.165, 1.54) is 57.8 Å². The molecule has 366 valence electrons. The number of hydrogen-bond acceptors (Lipinski definition) is 10. The zero-order valence-electron chi connectivity index (χ0n) is 40.1. The summed E-state index contributed by atoms with van der Waals surface area (Å²) in [6.45, 7) is 4.01. The molecule has 63 heavy (non-hydrogen) atoms. The first kappa shape index (κ1) is 58.9. The largest absolute Gasteiger partial charge is 0.472 e. The summed E-state index contributed by atoms with van der Waals surface area (Å²) in [6, 6.07) is 0. The summed E-state index contributed by atoms with van der Waals surface area (Å²) in [7, 11) is 1.32. The molecule has 0 aliphatic heterocycles. The minimum absolute atomic E-state index is 0.0142. The molecular weight excluding hydrogens is 822 g/mol. The predicted octanol–water partition coefficient (Wildman–Crippen LogP) is 10.6. The van der Waals surface area contributed by atoms with E-state index in [4.69, 9.17) is 18.5 Å². The number of phosphoric acid groups is 1. The summed E-state index contributed by atoms with van der Waals surface area (Å²) in [5, 5.41) is 31.4. The van der Waals surface area contributed by atoms with Crippen LogP contribution in [-0.2, 0) is 32.7 Å². The molecule has 1 rings (SSSR count). The number of allylic oxidation sites excluding steroid dienone is 6. The number of carbonyl (C=O) groups is 2. The van der Waals surface area contributed by atoms with Gasteiger partial charge < -0.3 is 34.2 Å². The fourth-order valence-electron chi connectivity index (χ4n) is 7.45. The number of quaternary nitrogens is 1. The van der Waals surface area contributed by atoms with Crippen LogP contribution in [0.25, 0.3) is 0 Å². The van der Waals surface area contributed by atoms with E-state index in [1.807, 2.05) is 39.4 Å². The van der Waals surface area contributed by atoms with Gasteiger partial charge in [0.05, 0.1) is 46.1 Å². The number of ether oxygens (including phenoxy) is 2. The lowest BCUT2D eigenvalue weighted by Gasteiger charge is -2.24. The maximum atomic E-state index is 12.8. The minimum atomic E-state index is -4.45. The average Bonchev–Trinajstić information content (AvgIpc) is 3.50. The molecule has 0 amide bonds. The molecule has 1 aliphatic carbocycles. The first-order valence-corrected chi connectivity index (χ1v) is 26.1. The zero-order valence-corrected chi connectivity index (χ0v) is 41.0. The molecule has 0 aromatic carbocycles. The highest BCUT2D eigenvalue weighted by molar-refractivity contribution is 7.47. The molecule has 0 saturated heterocycles. The number of hydrogen-bond donors (Lipinski definition) is 4. The van der Waals surface area contributed by atoms with Gasteiger partial charge >= 0.3 is 19.8 Å². The second-order valence-corrected chi connectivity index (χ2v) is 19.9. The summed E-state index contributed by atoms with van der Waals surface area (Å²) in [6.07, 6.45) is 36.8. The Hall–Kier alpha value is -2.15. The van der Waals surface area contributed by atoms with Gasteiger partial charge in [-0.05, 0) is 70.1 Å². The highest BCUT2D eigenvalue weighted by Gasteiger charge is 2.39. The topological polar surface area (TPSA) is 169 Å². The van der Waals surface area contributed by atoms with Crippen LogP contribution in [0.2, 0.25) is 0 Å². The van der Waals surface area contributed by atoms with Gasteiger partial charge in [-0.3, -0.25) is 18.6 Å². The van der Waals surface area contributed by atoms with Gasteiger partial charge in [0.1, 0.15) is 19.8 Å². The van der Waals surface area contributed by atoms with Crippen molar-refractivity contribution in [2.24, 2.45) is 11.8 Å². The number of rotatable bonds is 40. The van der Waals surface area contributed by atoms with Crippen LogP contribution in [0.5, 0.6) is 0 Å².